The maximum absolute atomic E-state index is 3.70. The van der Waals surface area contributed by atoms with Gasteiger partial charge in [0.15, 0.2) is 0 Å². The largest absolute Gasteiger partial charge is 0.309 e. The first-order valence-corrected chi connectivity index (χ1v) is 8.84. The number of hydrogen-bond donors (Lipinski definition) is 1. The van der Waals surface area contributed by atoms with Gasteiger partial charge in [-0.05, 0) is 42.0 Å². The average molecular weight is 289 g/mol. The van der Waals surface area contributed by atoms with Crippen molar-refractivity contribution in [2.45, 2.75) is 25.4 Å². The van der Waals surface area contributed by atoms with Gasteiger partial charge in [-0.3, -0.25) is 0 Å². The van der Waals surface area contributed by atoms with Crippen molar-refractivity contribution in [1.29, 1.82) is 0 Å². The van der Waals surface area contributed by atoms with E-state index in [4.69, 9.17) is 0 Å². The molecule has 2 aromatic rings. The summed E-state index contributed by atoms with van der Waals surface area (Å²) >= 11 is 3.99. The fourth-order valence-electron chi connectivity index (χ4n) is 2.38. The lowest BCUT2D eigenvalue weighted by Crippen LogP contribution is -2.31. The minimum absolute atomic E-state index is 0.725. The average Bonchev–Trinajstić information content (AvgIpc) is 2.96. The Balaban J connectivity index is 1.59. The van der Waals surface area contributed by atoms with Gasteiger partial charge < -0.3 is 5.32 Å². The molecule has 1 aromatic carbocycles. The number of hydrogen-bond acceptors (Lipinski definition) is 3. The molecule has 0 amide bonds. The second-order valence-electron chi connectivity index (χ2n) is 4.90. The zero-order valence-corrected chi connectivity index (χ0v) is 12.6. The minimum Gasteiger partial charge on any atom is -0.309 e. The molecule has 0 unspecified atom stereocenters. The molecule has 3 heteroatoms. The predicted octanol–water partition coefficient (Wildman–Crippen LogP) is 4.40. The zero-order chi connectivity index (χ0) is 12.9. The lowest BCUT2D eigenvalue weighted by Gasteiger charge is -2.22. The van der Waals surface area contributed by atoms with E-state index in [1.807, 2.05) is 11.3 Å². The topological polar surface area (TPSA) is 12.0 Å². The summed E-state index contributed by atoms with van der Waals surface area (Å²) in [5.74, 6) is 2.63. The number of rotatable bonds is 4. The molecule has 1 aliphatic rings. The lowest BCUT2D eigenvalue weighted by atomic mass is 10.1. The highest BCUT2D eigenvalue weighted by atomic mass is 32.2. The summed E-state index contributed by atoms with van der Waals surface area (Å²) in [7, 11) is 0. The van der Waals surface area contributed by atoms with Gasteiger partial charge in [-0.1, -0.05) is 30.3 Å². The van der Waals surface area contributed by atoms with E-state index in [-0.39, 0.29) is 0 Å². The quantitative estimate of drug-likeness (QED) is 0.895. The SMILES string of the molecule is c1ccc(-c2ccc(CNC3CCSCC3)s2)cc1. The minimum atomic E-state index is 0.725. The Labute approximate surface area is 123 Å². The third-order valence-electron chi connectivity index (χ3n) is 3.51. The monoisotopic (exact) mass is 289 g/mol. The smallest absolute Gasteiger partial charge is 0.0346 e. The molecule has 1 aromatic heterocycles. The van der Waals surface area contributed by atoms with Crippen LogP contribution in [0, 0.1) is 0 Å². The van der Waals surface area contributed by atoms with Crippen LogP contribution in [0.3, 0.4) is 0 Å². The highest BCUT2D eigenvalue weighted by molar-refractivity contribution is 7.99. The number of nitrogens with one attached hydrogen (secondary N) is 1. The van der Waals surface area contributed by atoms with Gasteiger partial charge in [0.1, 0.15) is 0 Å². The molecule has 100 valence electrons. The van der Waals surface area contributed by atoms with Gasteiger partial charge in [0.25, 0.3) is 0 Å². The van der Waals surface area contributed by atoms with Gasteiger partial charge in [0, 0.05) is 22.3 Å². The zero-order valence-electron chi connectivity index (χ0n) is 11.0. The van der Waals surface area contributed by atoms with Crippen LogP contribution in [-0.2, 0) is 6.54 Å². The molecule has 1 fully saturated rings. The van der Waals surface area contributed by atoms with E-state index in [0.717, 1.165) is 12.6 Å². The molecule has 0 radical (unpaired) electrons. The molecule has 1 aliphatic heterocycles. The Bertz CT molecular complexity index is 500. The molecule has 19 heavy (non-hydrogen) atoms. The molecular weight excluding hydrogens is 270 g/mol. The van der Waals surface area contributed by atoms with Crippen LogP contribution >= 0.6 is 23.1 Å². The molecule has 0 aliphatic carbocycles. The van der Waals surface area contributed by atoms with E-state index in [1.54, 1.807) is 0 Å². The van der Waals surface area contributed by atoms with Crippen LogP contribution < -0.4 is 5.32 Å². The summed E-state index contributed by atoms with van der Waals surface area (Å²) in [6.45, 7) is 1.02. The van der Waals surface area contributed by atoms with Gasteiger partial charge in [-0.25, -0.2) is 0 Å². The van der Waals surface area contributed by atoms with Gasteiger partial charge in [0.05, 0.1) is 0 Å². The molecule has 0 spiro atoms. The maximum Gasteiger partial charge on any atom is 0.0346 e. The van der Waals surface area contributed by atoms with Crippen molar-refractivity contribution >= 4 is 23.1 Å². The summed E-state index contributed by atoms with van der Waals surface area (Å²) in [5, 5.41) is 3.70. The summed E-state index contributed by atoms with van der Waals surface area (Å²) in [5.41, 5.74) is 1.33. The van der Waals surface area contributed by atoms with Crippen LogP contribution in [0.25, 0.3) is 10.4 Å². The molecule has 1 nitrogen and oxygen atoms in total. The fraction of sp³-hybridized carbons (Fsp3) is 0.375. The summed E-state index contributed by atoms with van der Waals surface area (Å²) in [6, 6.07) is 15.9. The third kappa shape index (κ3) is 3.62. The fourth-order valence-corrected chi connectivity index (χ4v) is 4.45. The van der Waals surface area contributed by atoms with Crippen molar-refractivity contribution < 1.29 is 0 Å². The summed E-state index contributed by atoms with van der Waals surface area (Å²) in [6.07, 6.45) is 2.64. The van der Waals surface area contributed by atoms with Crippen molar-refractivity contribution in [1.82, 2.24) is 5.32 Å². The summed E-state index contributed by atoms with van der Waals surface area (Å²) < 4.78 is 0. The van der Waals surface area contributed by atoms with E-state index in [0.29, 0.717) is 0 Å². The Morgan fingerprint density at radius 3 is 2.58 bits per heavy atom. The van der Waals surface area contributed by atoms with Crippen LogP contribution in [0.5, 0.6) is 0 Å². The molecule has 1 N–H and O–H groups in total. The van der Waals surface area contributed by atoms with Crippen molar-refractivity contribution in [2.75, 3.05) is 11.5 Å². The first-order valence-electron chi connectivity index (χ1n) is 6.87. The van der Waals surface area contributed by atoms with Crippen LogP contribution in [0.4, 0.5) is 0 Å². The molecule has 0 bridgehead atoms. The lowest BCUT2D eigenvalue weighted by molar-refractivity contribution is 0.484. The Hall–Kier alpha value is -0.770. The maximum atomic E-state index is 3.70. The van der Waals surface area contributed by atoms with Gasteiger partial charge in [-0.2, -0.15) is 11.8 Å². The first kappa shape index (κ1) is 13.2. The van der Waals surface area contributed by atoms with Crippen LogP contribution in [0.2, 0.25) is 0 Å². The van der Waals surface area contributed by atoms with Crippen molar-refractivity contribution in [2.24, 2.45) is 0 Å². The Morgan fingerprint density at radius 1 is 1.00 bits per heavy atom. The van der Waals surface area contributed by atoms with Gasteiger partial charge in [0.2, 0.25) is 0 Å². The Morgan fingerprint density at radius 2 is 1.79 bits per heavy atom. The molecular formula is C16H19NS2. The highest BCUT2D eigenvalue weighted by Gasteiger charge is 2.13. The standard InChI is InChI=1S/C16H19NS2/c1-2-4-13(5-3-1)16-7-6-15(19-16)12-17-14-8-10-18-11-9-14/h1-7,14,17H,8-12H2. The van der Waals surface area contributed by atoms with E-state index < -0.39 is 0 Å². The second kappa shape index (κ2) is 6.60. The van der Waals surface area contributed by atoms with Crippen molar-refractivity contribution in [3.63, 3.8) is 0 Å². The van der Waals surface area contributed by atoms with Crippen molar-refractivity contribution in [3.05, 3.63) is 47.3 Å². The molecule has 3 rings (SSSR count). The molecule has 1 saturated heterocycles. The van der Waals surface area contributed by atoms with Gasteiger partial charge in [-0.15, -0.1) is 11.3 Å². The van der Waals surface area contributed by atoms with Crippen LogP contribution in [0.1, 0.15) is 17.7 Å². The Kier molecular flexibility index (Phi) is 4.59. The van der Waals surface area contributed by atoms with Gasteiger partial charge >= 0.3 is 0 Å². The predicted molar refractivity (Wildman–Crippen MR) is 86.9 cm³/mol. The number of benzene rings is 1. The van der Waals surface area contributed by atoms with E-state index in [2.05, 4.69) is 59.5 Å². The molecule has 2 heterocycles. The first-order chi connectivity index (χ1) is 9.42. The third-order valence-corrected chi connectivity index (χ3v) is 5.69. The van der Waals surface area contributed by atoms with Crippen LogP contribution in [0.15, 0.2) is 42.5 Å². The van der Waals surface area contributed by atoms with E-state index in [9.17, 15) is 0 Å². The number of thioether (sulfide) groups is 1. The summed E-state index contributed by atoms with van der Waals surface area (Å²) in [4.78, 5) is 2.81. The highest BCUT2D eigenvalue weighted by Crippen LogP contribution is 2.28. The van der Waals surface area contributed by atoms with Crippen LogP contribution in [-0.4, -0.2) is 17.5 Å². The molecule has 0 atom stereocenters. The van der Waals surface area contributed by atoms with E-state index in [1.165, 1.54) is 39.7 Å². The second-order valence-corrected chi connectivity index (χ2v) is 7.29. The van der Waals surface area contributed by atoms with Crippen molar-refractivity contribution in [3.8, 4) is 10.4 Å². The van der Waals surface area contributed by atoms with E-state index >= 15 is 0 Å². The number of thiophene rings is 1. The normalized spacial score (nSPS) is 16.6. The molecule has 0 saturated carbocycles.